The lowest BCUT2D eigenvalue weighted by atomic mass is 9.97. The Kier molecular flexibility index (Phi) is 9.29. The van der Waals surface area contributed by atoms with Crippen LogP contribution in [-0.4, -0.2) is 55.6 Å². The largest absolute Gasteiger partial charge is 0.496 e. The molecule has 4 aromatic carbocycles. The Bertz CT molecular complexity index is 1750. The first-order chi connectivity index (χ1) is 21.4. The van der Waals surface area contributed by atoms with Gasteiger partial charge in [0.15, 0.2) is 0 Å². The molecule has 1 aliphatic rings. The number of halogens is 1. The summed E-state index contributed by atoms with van der Waals surface area (Å²) >= 11 is 3.54. The zero-order chi connectivity index (χ0) is 32.5. The third-order valence-corrected chi connectivity index (χ3v) is 8.70. The maximum absolute atomic E-state index is 14.5. The summed E-state index contributed by atoms with van der Waals surface area (Å²) in [6, 6.07) is 22.2. The molecule has 234 valence electrons. The molecule has 3 N–H and O–H groups in total. The quantitative estimate of drug-likeness (QED) is 0.240. The van der Waals surface area contributed by atoms with Gasteiger partial charge in [0.1, 0.15) is 11.8 Å². The molecule has 9 nitrogen and oxygen atoms in total. The average Bonchev–Trinajstić information content (AvgIpc) is 3.14. The van der Waals surface area contributed by atoms with Crippen LogP contribution in [0.5, 0.6) is 5.75 Å². The molecular weight excluding hydrogens is 636 g/mol. The fraction of sp³-hybridized carbons (Fsp3) is 0.286. The van der Waals surface area contributed by atoms with Crippen LogP contribution in [0.3, 0.4) is 0 Å². The van der Waals surface area contributed by atoms with Crippen molar-refractivity contribution < 1.29 is 24.2 Å². The molecule has 1 heterocycles. The summed E-state index contributed by atoms with van der Waals surface area (Å²) in [6.45, 7) is 5.11. The number of anilines is 2. The second-order valence-corrected chi connectivity index (χ2v) is 12.6. The average molecular weight is 674 g/mol. The SMILES string of the molecule is CNC(C)C(=O)N[C@H]1CN(C(=O)c2ccc(C(C)(C)O)cc2)c2ccccc2N(Cc2c(OC)ccc3cc(Br)ccc23)C1=O. The number of ether oxygens (including phenoxy) is 1. The van der Waals surface area contributed by atoms with Gasteiger partial charge in [0.25, 0.3) is 11.8 Å². The van der Waals surface area contributed by atoms with Gasteiger partial charge in [0.2, 0.25) is 5.91 Å². The van der Waals surface area contributed by atoms with Crippen LogP contribution in [0.2, 0.25) is 0 Å². The van der Waals surface area contributed by atoms with E-state index in [4.69, 9.17) is 4.74 Å². The topological polar surface area (TPSA) is 111 Å². The molecule has 0 bridgehead atoms. The van der Waals surface area contributed by atoms with Crippen LogP contribution < -0.4 is 25.2 Å². The number of nitrogens with zero attached hydrogens (tertiary/aromatic N) is 2. The van der Waals surface area contributed by atoms with E-state index in [-0.39, 0.29) is 30.8 Å². The zero-order valence-corrected chi connectivity index (χ0v) is 27.5. The van der Waals surface area contributed by atoms with Gasteiger partial charge >= 0.3 is 0 Å². The second kappa shape index (κ2) is 13.0. The van der Waals surface area contributed by atoms with Crippen molar-refractivity contribution >= 4 is 55.8 Å². The van der Waals surface area contributed by atoms with E-state index >= 15 is 0 Å². The summed E-state index contributed by atoms with van der Waals surface area (Å²) in [6.07, 6.45) is 0. The molecule has 0 fully saturated rings. The van der Waals surface area contributed by atoms with E-state index in [0.717, 1.165) is 20.8 Å². The van der Waals surface area contributed by atoms with Crippen LogP contribution >= 0.6 is 15.9 Å². The first-order valence-electron chi connectivity index (χ1n) is 14.7. The zero-order valence-electron chi connectivity index (χ0n) is 25.9. The minimum absolute atomic E-state index is 0.0831. The van der Waals surface area contributed by atoms with Gasteiger partial charge in [0.05, 0.1) is 43.2 Å². The third kappa shape index (κ3) is 6.58. The molecule has 3 amide bonds. The van der Waals surface area contributed by atoms with Gasteiger partial charge in [-0.05, 0) is 86.6 Å². The molecule has 0 saturated carbocycles. The molecule has 0 aromatic heterocycles. The molecule has 0 aliphatic carbocycles. The number of aliphatic hydroxyl groups is 1. The van der Waals surface area contributed by atoms with E-state index < -0.39 is 17.7 Å². The fourth-order valence-corrected chi connectivity index (χ4v) is 5.89. The number of amides is 3. The van der Waals surface area contributed by atoms with Gasteiger partial charge in [-0.25, -0.2) is 0 Å². The van der Waals surface area contributed by atoms with E-state index in [0.29, 0.717) is 28.3 Å². The highest BCUT2D eigenvalue weighted by Gasteiger charge is 2.38. The summed E-state index contributed by atoms with van der Waals surface area (Å²) in [4.78, 5) is 44.9. The minimum Gasteiger partial charge on any atom is -0.496 e. The van der Waals surface area contributed by atoms with Crippen molar-refractivity contribution in [3.05, 3.63) is 100 Å². The van der Waals surface area contributed by atoms with Crippen LogP contribution in [0.25, 0.3) is 10.8 Å². The summed E-state index contributed by atoms with van der Waals surface area (Å²) in [7, 11) is 3.26. The number of para-hydroxylation sites is 2. The Morgan fingerprint density at radius 2 is 1.73 bits per heavy atom. The van der Waals surface area contributed by atoms with E-state index in [1.807, 2.05) is 42.5 Å². The van der Waals surface area contributed by atoms with Gasteiger partial charge < -0.3 is 30.3 Å². The van der Waals surface area contributed by atoms with E-state index in [9.17, 15) is 19.5 Å². The van der Waals surface area contributed by atoms with Gasteiger partial charge in [-0.3, -0.25) is 14.4 Å². The maximum Gasteiger partial charge on any atom is 0.258 e. The number of fused-ring (bicyclic) bond motifs is 2. The highest BCUT2D eigenvalue weighted by Crippen LogP contribution is 2.38. The molecule has 0 saturated heterocycles. The van der Waals surface area contributed by atoms with E-state index in [1.165, 1.54) is 0 Å². The molecule has 45 heavy (non-hydrogen) atoms. The maximum atomic E-state index is 14.5. The Morgan fingerprint density at radius 3 is 2.38 bits per heavy atom. The summed E-state index contributed by atoms with van der Waals surface area (Å²) in [5.74, 6) is -0.448. The highest BCUT2D eigenvalue weighted by atomic mass is 79.9. The number of likely N-dealkylation sites (N-methyl/N-ethyl adjacent to an activating group) is 1. The number of benzene rings is 4. The predicted octanol–water partition coefficient (Wildman–Crippen LogP) is 5.12. The summed E-state index contributed by atoms with van der Waals surface area (Å²) in [5, 5.41) is 18.1. The van der Waals surface area contributed by atoms with Crippen LogP contribution in [0.1, 0.15) is 42.3 Å². The van der Waals surface area contributed by atoms with Crippen LogP contribution in [-0.2, 0) is 21.7 Å². The summed E-state index contributed by atoms with van der Waals surface area (Å²) < 4.78 is 6.68. The van der Waals surface area contributed by atoms with Gasteiger partial charge in [-0.2, -0.15) is 0 Å². The minimum atomic E-state index is -1.07. The number of hydrogen-bond donors (Lipinski definition) is 3. The number of carbonyl (C=O) groups excluding carboxylic acids is 3. The molecule has 2 atom stereocenters. The molecule has 0 radical (unpaired) electrons. The Hall–Kier alpha value is -4.25. The Balaban J connectivity index is 1.63. The van der Waals surface area contributed by atoms with Crippen molar-refractivity contribution in [2.75, 3.05) is 30.5 Å². The van der Waals surface area contributed by atoms with Gasteiger partial charge in [-0.15, -0.1) is 0 Å². The van der Waals surface area contributed by atoms with Crippen molar-refractivity contribution in [3.63, 3.8) is 0 Å². The van der Waals surface area contributed by atoms with Crippen LogP contribution in [0.15, 0.2) is 83.3 Å². The van der Waals surface area contributed by atoms with Crippen LogP contribution in [0, 0.1) is 0 Å². The van der Waals surface area contributed by atoms with E-state index in [1.54, 1.807) is 81.1 Å². The predicted molar refractivity (Wildman–Crippen MR) is 180 cm³/mol. The molecule has 0 spiro atoms. The first-order valence-corrected chi connectivity index (χ1v) is 15.5. The fourth-order valence-electron chi connectivity index (χ4n) is 5.51. The molecule has 4 aromatic rings. The number of hydrogen-bond acceptors (Lipinski definition) is 6. The Labute approximate surface area is 271 Å². The first kappa shape index (κ1) is 32.2. The summed E-state index contributed by atoms with van der Waals surface area (Å²) in [5.41, 5.74) is 1.83. The van der Waals surface area contributed by atoms with Crippen molar-refractivity contribution in [2.24, 2.45) is 0 Å². The van der Waals surface area contributed by atoms with Crippen LogP contribution in [0.4, 0.5) is 11.4 Å². The number of methoxy groups -OCH3 is 1. The monoisotopic (exact) mass is 672 g/mol. The molecule has 1 aliphatic heterocycles. The van der Waals surface area contributed by atoms with E-state index in [2.05, 4.69) is 26.6 Å². The smallest absolute Gasteiger partial charge is 0.258 e. The third-order valence-electron chi connectivity index (χ3n) is 8.21. The van der Waals surface area contributed by atoms with Gasteiger partial charge in [-0.1, -0.05) is 52.3 Å². The standard InChI is InChI=1S/C35H37BrN4O5/c1-21(37-4)32(41)38-28-20-40(33(42)22-10-13-24(14-11-22)35(2,3)44)30-9-7-6-8-29(30)39(34(28)43)19-27-26-16-15-25(36)18-23(26)12-17-31(27)45-5/h6-18,21,28,37,44H,19-20H2,1-5H3,(H,38,41)/t21?,28-/m0/s1. The molecular formula is C35H37BrN4O5. The normalized spacial score (nSPS) is 15.8. The van der Waals surface area contributed by atoms with Crippen molar-refractivity contribution in [1.82, 2.24) is 10.6 Å². The second-order valence-electron chi connectivity index (χ2n) is 11.6. The number of carbonyl (C=O) groups is 3. The lowest BCUT2D eigenvalue weighted by Crippen LogP contribution is -2.55. The number of nitrogens with one attached hydrogen (secondary N) is 2. The lowest BCUT2D eigenvalue weighted by molar-refractivity contribution is -0.128. The van der Waals surface area contributed by atoms with Crippen molar-refractivity contribution in [2.45, 2.75) is 45.0 Å². The molecule has 5 rings (SSSR count). The highest BCUT2D eigenvalue weighted by molar-refractivity contribution is 9.10. The van der Waals surface area contributed by atoms with Crippen molar-refractivity contribution in [1.29, 1.82) is 0 Å². The molecule has 1 unspecified atom stereocenters. The number of rotatable bonds is 8. The van der Waals surface area contributed by atoms with Crippen molar-refractivity contribution in [3.8, 4) is 5.75 Å². The lowest BCUT2D eigenvalue weighted by Gasteiger charge is -2.27. The molecule has 10 heteroatoms. The van der Waals surface area contributed by atoms with Gasteiger partial charge in [0, 0.05) is 15.6 Å². The Morgan fingerprint density at radius 1 is 1.04 bits per heavy atom.